The van der Waals surface area contributed by atoms with Gasteiger partial charge in [-0.1, -0.05) is 24.3 Å². The van der Waals surface area contributed by atoms with Crippen LogP contribution in [0.15, 0.2) is 53.1 Å². The van der Waals surface area contributed by atoms with Crippen LogP contribution in [-0.4, -0.2) is 4.98 Å². The molecule has 4 heteroatoms. The number of rotatable bonds is 2. The predicted molar refractivity (Wildman–Crippen MR) is 85.1 cm³/mol. The van der Waals surface area contributed by atoms with Crippen LogP contribution >= 0.6 is 15.9 Å². The number of benzene rings is 2. The van der Waals surface area contributed by atoms with Crippen molar-refractivity contribution in [2.24, 2.45) is 0 Å². The lowest BCUT2D eigenvalue weighted by molar-refractivity contribution is 0.464. The molecule has 0 aliphatic rings. The maximum absolute atomic E-state index is 5.99. The summed E-state index contributed by atoms with van der Waals surface area (Å²) in [6.45, 7) is 2.00. The van der Waals surface area contributed by atoms with Crippen LogP contribution in [0.3, 0.4) is 0 Å². The minimum atomic E-state index is 0.555. The Kier molecular flexibility index (Phi) is 3.32. The zero-order valence-electron chi connectivity index (χ0n) is 10.9. The van der Waals surface area contributed by atoms with Crippen LogP contribution in [0.2, 0.25) is 0 Å². The third-order valence-corrected chi connectivity index (χ3v) is 4.14. The van der Waals surface area contributed by atoms with Crippen molar-refractivity contribution in [3.8, 4) is 11.6 Å². The van der Waals surface area contributed by atoms with Gasteiger partial charge >= 0.3 is 0 Å². The Morgan fingerprint density at radius 2 is 1.80 bits per heavy atom. The maximum atomic E-state index is 5.99. The molecular weight excluding hydrogens is 316 g/mol. The number of anilines is 1. The lowest BCUT2D eigenvalue weighted by atomic mass is 10.1. The number of hydrogen-bond donors (Lipinski definition) is 1. The van der Waals surface area contributed by atoms with Gasteiger partial charge in [-0.25, -0.2) is 4.98 Å². The van der Waals surface area contributed by atoms with Gasteiger partial charge in [-0.2, -0.15) is 0 Å². The first-order chi connectivity index (χ1) is 9.66. The Morgan fingerprint density at radius 1 is 1.05 bits per heavy atom. The molecule has 0 saturated heterocycles. The van der Waals surface area contributed by atoms with Crippen LogP contribution in [0.5, 0.6) is 11.6 Å². The van der Waals surface area contributed by atoms with Gasteiger partial charge in [0.05, 0.1) is 4.47 Å². The number of hydrogen-bond acceptors (Lipinski definition) is 3. The molecule has 0 fully saturated rings. The van der Waals surface area contributed by atoms with Gasteiger partial charge in [0, 0.05) is 22.7 Å². The van der Waals surface area contributed by atoms with Gasteiger partial charge < -0.3 is 10.5 Å². The zero-order chi connectivity index (χ0) is 14.1. The van der Waals surface area contributed by atoms with Gasteiger partial charge in [0.1, 0.15) is 5.75 Å². The largest absolute Gasteiger partial charge is 0.437 e. The number of pyridine rings is 1. The number of nitrogens with zero attached hydrogens (tertiary/aromatic N) is 1. The van der Waals surface area contributed by atoms with Crippen molar-refractivity contribution >= 4 is 32.4 Å². The van der Waals surface area contributed by atoms with Gasteiger partial charge in [-0.05, 0) is 46.6 Å². The van der Waals surface area contributed by atoms with Gasteiger partial charge in [-0.15, -0.1) is 0 Å². The highest BCUT2D eigenvalue weighted by molar-refractivity contribution is 9.10. The van der Waals surface area contributed by atoms with Gasteiger partial charge in [-0.3, -0.25) is 0 Å². The molecular formula is C16H13BrN2O. The molecule has 20 heavy (non-hydrogen) atoms. The molecule has 0 bridgehead atoms. The zero-order valence-corrected chi connectivity index (χ0v) is 12.5. The Hall–Kier alpha value is -2.07. The van der Waals surface area contributed by atoms with E-state index in [0.29, 0.717) is 5.88 Å². The molecule has 0 aliphatic carbocycles. The number of ether oxygens (including phenoxy) is 1. The highest BCUT2D eigenvalue weighted by Crippen LogP contribution is 2.35. The van der Waals surface area contributed by atoms with Crippen LogP contribution in [-0.2, 0) is 0 Å². The summed E-state index contributed by atoms with van der Waals surface area (Å²) in [5.74, 6) is 1.30. The number of aryl methyl sites for hydroxylation is 1. The summed E-state index contributed by atoms with van der Waals surface area (Å²) in [4.78, 5) is 4.26. The smallest absolute Gasteiger partial charge is 0.233 e. The molecule has 0 amide bonds. The summed E-state index contributed by atoms with van der Waals surface area (Å²) in [6, 6.07) is 13.5. The summed E-state index contributed by atoms with van der Waals surface area (Å²) in [7, 11) is 0. The predicted octanol–water partition coefficient (Wildman–Crippen LogP) is 4.68. The molecule has 1 heterocycles. The number of aromatic nitrogens is 1. The van der Waals surface area contributed by atoms with E-state index in [0.717, 1.165) is 32.2 Å². The summed E-state index contributed by atoms with van der Waals surface area (Å²) in [6.07, 6.45) is 1.73. The molecule has 1 aromatic heterocycles. The minimum absolute atomic E-state index is 0.555. The van der Waals surface area contributed by atoms with Crippen LogP contribution in [0, 0.1) is 6.92 Å². The van der Waals surface area contributed by atoms with E-state index in [9.17, 15) is 0 Å². The summed E-state index contributed by atoms with van der Waals surface area (Å²) >= 11 is 3.50. The summed E-state index contributed by atoms with van der Waals surface area (Å²) in [5, 5.41) is 1.96. The first-order valence-corrected chi connectivity index (χ1v) is 7.02. The van der Waals surface area contributed by atoms with Crippen LogP contribution in [0.25, 0.3) is 10.8 Å². The molecule has 2 aromatic carbocycles. The van der Waals surface area contributed by atoms with E-state index in [4.69, 9.17) is 10.5 Å². The molecule has 0 saturated carbocycles. The second-order valence-corrected chi connectivity index (χ2v) is 5.34. The molecule has 0 radical (unpaired) electrons. The van der Waals surface area contributed by atoms with Crippen molar-refractivity contribution in [3.63, 3.8) is 0 Å². The average molecular weight is 329 g/mol. The molecule has 3 rings (SSSR count). The Morgan fingerprint density at radius 3 is 2.60 bits per heavy atom. The van der Waals surface area contributed by atoms with Crippen molar-refractivity contribution < 1.29 is 4.74 Å². The molecule has 100 valence electrons. The van der Waals surface area contributed by atoms with Crippen LogP contribution in [0.4, 0.5) is 5.69 Å². The van der Waals surface area contributed by atoms with Crippen LogP contribution < -0.4 is 10.5 Å². The van der Waals surface area contributed by atoms with Gasteiger partial charge in [0.2, 0.25) is 5.88 Å². The fourth-order valence-corrected chi connectivity index (χ4v) is 2.39. The van der Waals surface area contributed by atoms with Crippen molar-refractivity contribution in [1.82, 2.24) is 4.98 Å². The molecule has 0 spiro atoms. The van der Waals surface area contributed by atoms with Crippen molar-refractivity contribution in [2.75, 3.05) is 5.73 Å². The second kappa shape index (κ2) is 5.13. The van der Waals surface area contributed by atoms with Crippen LogP contribution in [0.1, 0.15) is 5.56 Å². The molecule has 0 aliphatic heterocycles. The van der Waals surface area contributed by atoms with E-state index in [1.165, 1.54) is 0 Å². The van der Waals surface area contributed by atoms with Crippen molar-refractivity contribution in [2.45, 2.75) is 6.92 Å². The lowest BCUT2D eigenvalue weighted by Gasteiger charge is -2.11. The number of fused-ring (bicyclic) bond motifs is 1. The van der Waals surface area contributed by atoms with Crippen molar-refractivity contribution in [1.29, 1.82) is 0 Å². The fraction of sp³-hybridized carbons (Fsp3) is 0.0625. The van der Waals surface area contributed by atoms with E-state index in [1.807, 2.05) is 49.4 Å². The standard InChI is InChI=1S/C16H13BrN2O/c1-10-8-9-19-16(15(10)17)20-14-7-6-13(18)11-4-2-3-5-12(11)14/h2-9H,18H2,1H3. The Bertz CT molecular complexity index is 787. The first-order valence-electron chi connectivity index (χ1n) is 6.23. The minimum Gasteiger partial charge on any atom is -0.437 e. The number of nitrogen functional groups attached to an aromatic ring is 1. The molecule has 3 aromatic rings. The topological polar surface area (TPSA) is 48.1 Å². The normalized spacial score (nSPS) is 10.7. The highest BCUT2D eigenvalue weighted by Gasteiger charge is 2.10. The third-order valence-electron chi connectivity index (χ3n) is 3.17. The maximum Gasteiger partial charge on any atom is 0.233 e. The molecule has 0 unspecified atom stereocenters. The van der Waals surface area contributed by atoms with E-state index < -0.39 is 0 Å². The van der Waals surface area contributed by atoms with E-state index >= 15 is 0 Å². The molecule has 0 atom stereocenters. The second-order valence-electron chi connectivity index (χ2n) is 4.55. The van der Waals surface area contributed by atoms with E-state index in [2.05, 4.69) is 20.9 Å². The summed E-state index contributed by atoms with van der Waals surface area (Å²) in [5.41, 5.74) is 7.81. The average Bonchev–Trinajstić information content (AvgIpc) is 2.47. The number of halogens is 1. The monoisotopic (exact) mass is 328 g/mol. The van der Waals surface area contributed by atoms with Crippen molar-refractivity contribution in [3.05, 3.63) is 58.7 Å². The SMILES string of the molecule is Cc1ccnc(Oc2ccc(N)c3ccccc23)c1Br. The molecule has 3 nitrogen and oxygen atoms in total. The fourth-order valence-electron chi connectivity index (χ4n) is 2.07. The van der Waals surface area contributed by atoms with E-state index in [-0.39, 0.29) is 0 Å². The molecule has 2 N–H and O–H groups in total. The Balaban J connectivity index is 2.12. The van der Waals surface area contributed by atoms with Gasteiger partial charge in [0.25, 0.3) is 0 Å². The third kappa shape index (κ3) is 2.23. The highest BCUT2D eigenvalue weighted by atomic mass is 79.9. The summed E-state index contributed by atoms with van der Waals surface area (Å²) < 4.78 is 6.81. The van der Waals surface area contributed by atoms with E-state index in [1.54, 1.807) is 6.20 Å². The van der Waals surface area contributed by atoms with Gasteiger partial charge in [0.15, 0.2) is 0 Å². The Labute approximate surface area is 125 Å². The quantitative estimate of drug-likeness (QED) is 0.695. The number of nitrogens with two attached hydrogens (primary N) is 1. The lowest BCUT2D eigenvalue weighted by Crippen LogP contribution is -1.93. The first kappa shape index (κ1) is 12.9.